The van der Waals surface area contributed by atoms with Crippen LogP contribution >= 0.6 is 0 Å². The summed E-state index contributed by atoms with van der Waals surface area (Å²) in [6.07, 6.45) is 6.43. The van der Waals surface area contributed by atoms with Crippen LogP contribution in [-0.4, -0.2) is 42.4 Å². The zero-order chi connectivity index (χ0) is 15.4. The Morgan fingerprint density at radius 3 is 2.24 bits per heavy atom. The zero-order valence-corrected chi connectivity index (χ0v) is 16.0. The third-order valence-electron chi connectivity index (χ3n) is 3.19. The Hall–Kier alpha value is 0.340. The van der Waals surface area contributed by atoms with Gasteiger partial charge in [0.25, 0.3) is 10.1 Å². The van der Waals surface area contributed by atoms with E-state index in [0.717, 1.165) is 38.5 Å². The number of carboxylic acid groups (broad SMARTS) is 1. The van der Waals surface area contributed by atoms with Gasteiger partial charge in [0.05, 0.1) is 11.8 Å². The molecule has 1 atom stereocenters. The molecule has 21 heavy (non-hydrogen) atoms. The Bertz CT molecular complexity index is 367. The third kappa shape index (κ3) is 15.0. The molecule has 0 aromatic heterocycles. The van der Waals surface area contributed by atoms with Gasteiger partial charge in [0, 0.05) is 0 Å². The predicted molar refractivity (Wildman–Crippen MR) is 79.6 cm³/mol. The molecule has 0 aromatic rings. The average molecular weight is 333 g/mol. The molecule has 0 bridgehead atoms. The van der Waals surface area contributed by atoms with E-state index in [1.165, 1.54) is 0 Å². The van der Waals surface area contributed by atoms with Gasteiger partial charge in [-0.1, -0.05) is 39.0 Å². The van der Waals surface area contributed by atoms with Crippen LogP contribution in [0.1, 0.15) is 59.7 Å². The van der Waals surface area contributed by atoms with E-state index in [4.69, 9.17) is 9.66 Å². The van der Waals surface area contributed by atoms with E-state index in [0.29, 0.717) is 19.4 Å². The van der Waals surface area contributed by atoms with E-state index in [1.807, 2.05) is 6.92 Å². The molecule has 0 rings (SSSR count). The van der Waals surface area contributed by atoms with Crippen molar-refractivity contribution in [2.24, 2.45) is 0 Å². The fourth-order valence-electron chi connectivity index (χ4n) is 2.11. The minimum atomic E-state index is -3.91. The monoisotopic (exact) mass is 333 g/mol. The Kier molecular flexibility index (Phi) is 15.7. The molecule has 0 aliphatic carbocycles. The second-order valence-electron chi connectivity index (χ2n) is 5.05. The van der Waals surface area contributed by atoms with Gasteiger partial charge in [-0.3, -0.25) is 9.35 Å². The van der Waals surface area contributed by atoms with Crippen LogP contribution in [0.2, 0.25) is 0 Å². The number of nitrogens with one attached hydrogen (secondary N) is 1. The first-order chi connectivity index (χ1) is 9.38. The molecule has 122 valence electrons. The molecule has 0 saturated carbocycles. The van der Waals surface area contributed by atoms with Gasteiger partial charge in [0.15, 0.2) is 0 Å². The van der Waals surface area contributed by atoms with Crippen molar-refractivity contribution in [2.45, 2.75) is 63.5 Å². The summed E-state index contributed by atoms with van der Waals surface area (Å²) in [5, 5.41) is 10.6. The van der Waals surface area contributed by atoms with Crippen molar-refractivity contribution in [3.8, 4) is 0 Å². The van der Waals surface area contributed by atoms with Crippen molar-refractivity contribution in [2.75, 3.05) is 13.1 Å². The van der Waals surface area contributed by atoms with Crippen LogP contribution in [0.3, 0.4) is 0 Å². The molecule has 3 N–H and O–H groups in total. The number of unbranched alkanes of at least 4 members (excludes halogenated alkanes) is 4. The first kappa shape index (κ1) is 23.6. The molecule has 6 nitrogen and oxygen atoms in total. The number of hydrogen-bond donors (Lipinski definition) is 3. The molecule has 0 aliphatic heterocycles. The molecule has 0 heterocycles. The summed E-state index contributed by atoms with van der Waals surface area (Å²) in [5.74, 6) is -0.850. The van der Waals surface area contributed by atoms with Crippen LogP contribution in [0.25, 0.3) is 0 Å². The summed E-state index contributed by atoms with van der Waals surface area (Å²) in [7, 11) is -3.91. The van der Waals surface area contributed by atoms with Gasteiger partial charge in [-0.05, 0) is 25.8 Å². The van der Waals surface area contributed by atoms with Crippen LogP contribution in [-0.2, 0) is 14.9 Å². The number of rotatable bonds is 13. The van der Waals surface area contributed by atoms with E-state index in [1.54, 1.807) is 0 Å². The minimum Gasteiger partial charge on any atom is -1.00 e. The molecule has 0 aliphatic rings. The maximum Gasteiger partial charge on any atom is 1.00 e. The fourth-order valence-corrected chi connectivity index (χ4v) is 3.11. The van der Waals surface area contributed by atoms with E-state index in [-0.39, 0.29) is 37.5 Å². The minimum absolute atomic E-state index is 0. The largest absolute Gasteiger partial charge is 1.00 e. The van der Waals surface area contributed by atoms with Crippen LogP contribution in [0, 0.1) is 0 Å². The molecule has 0 spiro atoms. The van der Waals surface area contributed by atoms with Crippen LogP contribution in [0.15, 0.2) is 0 Å². The normalized spacial score (nSPS) is 12.7. The molecular weight excluding hydrogens is 305 g/mol. The van der Waals surface area contributed by atoms with Crippen molar-refractivity contribution < 1.29 is 53.9 Å². The molecule has 0 radical (unpaired) electrons. The Morgan fingerprint density at radius 1 is 1.14 bits per heavy atom. The molecular formula is C13H28NNaO5S. The van der Waals surface area contributed by atoms with Gasteiger partial charge in [-0.2, -0.15) is 8.42 Å². The fraction of sp³-hybridized carbons (Fsp3) is 0.923. The zero-order valence-electron chi connectivity index (χ0n) is 14.2. The van der Waals surface area contributed by atoms with Crippen molar-refractivity contribution in [1.82, 2.24) is 5.32 Å². The standard InChI is InChI=1S/C13H27NO5S.Na.H/c1-2-8-12(20(17,18)19)9-6-4-3-5-7-10-14-11-13(15)16;;/h12,14H,2-11H2,1H3,(H,15,16)(H,17,18,19);;/q;+1;-1. The van der Waals surface area contributed by atoms with Gasteiger partial charge in [0.2, 0.25) is 0 Å². The van der Waals surface area contributed by atoms with Gasteiger partial charge >= 0.3 is 35.5 Å². The maximum atomic E-state index is 11.1. The Balaban J connectivity index is -0.00000180. The topological polar surface area (TPSA) is 104 Å². The summed E-state index contributed by atoms with van der Waals surface area (Å²) in [6, 6.07) is 0. The SMILES string of the molecule is CCCC(CCCCCCCNCC(=O)O)S(=O)(=O)O.[H-].[Na+]. The second-order valence-corrected chi connectivity index (χ2v) is 6.75. The first-order valence-corrected chi connectivity index (χ1v) is 8.77. The summed E-state index contributed by atoms with van der Waals surface area (Å²) < 4.78 is 31.3. The smallest absolute Gasteiger partial charge is 1.00 e. The molecule has 0 amide bonds. The van der Waals surface area contributed by atoms with Crippen LogP contribution in [0.5, 0.6) is 0 Å². The van der Waals surface area contributed by atoms with Crippen molar-refractivity contribution >= 4 is 16.1 Å². The predicted octanol–water partition coefficient (Wildman–Crippen LogP) is -0.826. The van der Waals surface area contributed by atoms with E-state index >= 15 is 0 Å². The van der Waals surface area contributed by atoms with Crippen LogP contribution < -0.4 is 34.9 Å². The van der Waals surface area contributed by atoms with Gasteiger partial charge in [-0.25, -0.2) is 0 Å². The summed E-state index contributed by atoms with van der Waals surface area (Å²) in [6.45, 7) is 2.59. The molecule has 0 fully saturated rings. The van der Waals surface area contributed by atoms with Gasteiger partial charge < -0.3 is 11.8 Å². The number of aliphatic carboxylic acids is 1. The summed E-state index contributed by atoms with van der Waals surface area (Å²) in [4.78, 5) is 10.2. The first-order valence-electron chi connectivity index (χ1n) is 7.26. The quantitative estimate of drug-likeness (QED) is 0.231. The van der Waals surface area contributed by atoms with E-state index in [9.17, 15) is 13.2 Å². The number of carbonyl (C=O) groups is 1. The van der Waals surface area contributed by atoms with Crippen LogP contribution in [0.4, 0.5) is 0 Å². The van der Waals surface area contributed by atoms with Gasteiger partial charge in [-0.15, -0.1) is 0 Å². The Labute approximate surface area is 151 Å². The number of hydrogen-bond acceptors (Lipinski definition) is 4. The van der Waals surface area contributed by atoms with Crippen molar-refractivity contribution in [3.05, 3.63) is 0 Å². The molecule has 0 aromatic carbocycles. The Morgan fingerprint density at radius 2 is 1.71 bits per heavy atom. The molecule has 1 unspecified atom stereocenters. The summed E-state index contributed by atoms with van der Waals surface area (Å²) >= 11 is 0. The van der Waals surface area contributed by atoms with E-state index in [2.05, 4.69) is 5.32 Å². The van der Waals surface area contributed by atoms with Crippen molar-refractivity contribution in [3.63, 3.8) is 0 Å². The average Bonchev–Trinajstić information content (AvgIpc) is 2.33. The third-order valence-corrected chi connectivity index (χ3v) is 4.50. The molecule has 0 saturated heterocycles. The second kappa shape index (κ2) is 14.0. The van der Waals surface area contributed by atoms with Gasteiger partial charge in [0.1, 0.15) is 0 Å². The van der Waals surface area contributed by atoms with Crippen molar-refractivity contribution in [1.29, 1.82) is 0 Å². The van der Waals surface area contributed by atoms with E-state index < -0.39 is 21.3 Å². The maximum absolute atomic E-state index is 11.1. The number of carboxylic acids is 1. The summed E-state index contributed by atoms with van der Waals surface area (Å²) in [5.41, 5.74) is 0. The molecule has 8 heteroatoms.